The zero-order chi connectivity index (χ0) is 11.3. The van der Waals surface area contributed by atoms with Crippen LogP contribution < -0.4 is 15.2 Å². The molecule has 0 unspecified atom stereocenters. The predicted octanol–water partition coefficient (Wildman–Crippen LogP) is 2.70. The molecule has 0 saturated heterocycles. The van der Waals surface area contributed by atoms with E-state index < -0.39 is 0 Å². The maximum absolute atomic E-state index is 6.00. The first-order chi connectivity index (χ1) is 7.24. The molecule has 1 atom stereocenters. The van der Waals surface area contributed by atoms with E-state index in [-0.39, 0.29) is 18.4 Å². The molecule has 0 amide bonds. The maximum atomic E-state index is 6.00. The molecule has 0 heterocycles. The van der Waals surface area contributed by atoms with Crippen molar-refractivity contribution in [2.24, 2.45) is 5.73 Å². The lowest BCUT2D eigenvalue weighted by atomic mass is 10.0. The Hall–Kier alpha value is -1.19. The molecule has 0 aliphatic rings. The van der Waals surface area contributed by atoms with E-state index in [1.54, 1.807) is 20.3 Å². The fraction of sp³-hybridized carbons (Fsp3) is 0.333. The van der Waals surface area contributed by atoms with Gasteiger partial charge in [-0.15, -0.1) is 19.0 Å². The minimum absolute atomic E-state index is 0. The zero-order valence-corrected chi connectivity index (χ0v) is 10.4. The van der Waals surface area contributed by atoms with Gasteiger partial charge in [-0.1, -0.05) is 18.2 Å². The van der Waals surface area contributed by atoms with Crippen LogP contribution in [0.2, 0.25) is 0 Å². The van der Waals surface area contributed by atoms with Crippen LogP contribution in [0.3, 0.4) is 0 Å². The van der Waals surface area contributed by atoms with E-state index in [0.29, 0.717) is 17.9 Å². The second-order valence-electron chi connectivity index (χ2n) is 3.21. The molecular formula is C12H18ClNO2. The summed E-state index contributed by atoms with van der Waals surface area (Å²) in [5.41, 5.74) is 6.94. The third-order valence-corrected chi connectivity index (χ3v) is 2.25. The van der Waals surface area contributed by atoms with Gasteiger partial charge in [-0.2, -0.15) is 0 Å². The van der Waals surface area contributed by atoms with Gasteiger partial charge in [0.05, 0.1) is 14.2 Å². The van der Waals surface area contributed by atoms with Gasteiger partial charge in [-0.05, 0) is 12.5 Å². The van der Waals surface area contributed by atoms with E-state index in [2.05, 4.69) is 6.58 Å². The lowest BCUT2D eigenvalue weighted by molar-refractivity contribution is 0.349. The van der Waals surface area contributed by atoms with Crippen molar-refractivity contribution in [3.63, 3.8) is 0 Å². The summed E-state index contributed by atoms with van der Waals surface area (Å²) in [4.78, 5) is 0. The molecule has 0 aliphatic heterocycles. The van der Waals surface area contributed by atoms with Crippen LogP contribution in [0, 0.1) is 0 Å². The maximum Gasteiger partial charge on any atom is 0.165 e. The Morgan fingerprint density at radius 1 is 1.38 bits per heavy atom. The van der Waals surface area contributed by atoms with Gasteiger partial charge in [0.25, 0.3) is 0 Å². The van der Waals surface area contributed by atoms with Crippen molar-refractivity contribution in [2.75, 3.05) is 14.2 Å². The molecule has 16 heavy (non-hydrogen) atoms. The highest BCUT2D eigenvalue weighted by Crippen LogP contribution is 2.34. The van der Waals surface area contributed by atoms with E-state index in [0.717, 1.165) is 5.56 Å². The number of rotatable bonds is 5. The van der Waals surface area contributed by atoms with Crippen LogP contribution >= 0.6 is 12.4 Å². The van der Waals surface area contributed by atoms with Crippen LogP contribution in [0.1, 0.15) is 18.0 Å². The van der Waals surface area contributed by atoms with Crippen LogP contribution in [-0.4, -0.2) is 14.2 Å². The van der Waals surface area contributed by atoms with Crippen LogP contribution in [-0.2, 0) is 0 Å². The molecule has 0 radical (unpaired) electrons. The minimum atomic E-state index is -0.104. The van der Waals surface area contributed by atoms with E-state index in [1.807, 2.05) is 18.2 Å². The first-order valence-electron chi connectivity index (χ1n) is 4.82. The molecule has 0 fully saturated rings. The fourth-order valence-corrected chi connectivity index (χ4v) is 1.51. The van der Waals surface area contributed by atoms with E-state index in [1.165, 1.54) is 0 Å². The molecule has 0 saturated carbocycles. The van der Waals surface area contributed by atoms with Crippen molar-refractivity contribution in [3.05, 3.63) is 36.4 Å². The van der Waals surface area contributed by atoms with Gasteiger partial charge in [0.15, 0.2) is 11.5 Å². The van der Waals surface area contributed by atoms with Gasteiger partial charge in [0.1, 0.15) is 0 Å². The Labute approximate surface area is 103 Å². The fourth-order valence-electron chi connectivity index (χ4n) is 1.51. The lowest BCUT2D eigenvalue weighted by Gasteiger charge is -2.16. The first-order valence-corrected chi connectivity index (χ1v) is 4.82. The van der Waals surface area contributed by atoms with E-state index >= 15 is 0 Å². The summed E-state index contributed by atoms with van der Waals surface area (Å²) in [6, 6.07) is 5.59. The van der Waals surface area contributed by atoms with Gasteiger partial charge in [-0.3, -0.25) is 0 Å². The van der Waals surface area contributed by atoms with Gasteiger partial charge < -0.3 is 15.2 Å². The molecule has 4 heteroatoms. The van der Waals surface area contributed by atoms with Crippen molar-refractivity contribution in [2.45, 2.75) is 12.5 Å². The molecule has 1 aromatic carbocycles. The largest absolute Gasteiger partial charge is 0.493 e. The normalized spacial score (nSPS) is 11.2. The average Bonchev–Trinajstić information content (AvgIpc) is 2.28. The number of methoxy groups -OCH3 is 2. The first kappa shape index (κ1) is 14.8. The van der Waals surface area contributed by atoms with Crippen LogP contribution in [0.5, 0.6) is 11.5 Å². The zero-order valence-electron chi connectivity index (χ0n) is 9.60. The topological polar surface area (TPSA) is 44.5 Å². The Balaban J connectivity index is 0.00000225. The van der Waals surface area contributed by atoms with E-state index in [4.69, 9.17) is 15.2 Å². The molecule has 2 N–H and O–H groups in total. The Bertz CT molecular complexity index is 342. The van der Waals surface area contributed by atoms with Crippen LogP contribution in [0.4, 0.5) is 0 Å². The van der Waals surface area contributed by atoms with Crippen molar-refractivity contribution >= 4 is 12.4 Å². The number of ether oxygens (including phenoxy) is 2. The molecule has 90 valence electrons. The number of para-hydroxylation sites is 1. The molecule has 0 aromatic heterocycles. The molecule has 0 bridgehead atoms. The monoisotopic (exact) mass is 243 g/mol. The number of benzene rings is 1. The Morgan fingerprint density at radius 3 is 2.56 bits per heavy atom. The summed E-state index contributed by atoms with van der Waals surface area (Å²) >= 11 is 0. The summed E-state index contributed by atoms with van der Waals surface area (Å²) in [6.07, 6.45) is 2.51. The summed E-state index contributed by atoms with van der Waals surface area (Å²) in [5.74, 6) is 1.41. The molecule has 0 spiro atoms. The second-order valence-corrected chi connectivity index (χ2v) is 3.21. The van der Waals surface area contributed by atoms with Crippen molar-refractivity contribution in [1.82, 2.24) is 0 Å². The predicted molar refractivity (Wildman–Crippen MR) is 68.5 cm³/mol. The van der Waals surface area contributed by atoms with Gasteiger partial charge in [0.2, 0.25) is 0 Å². The second kappa shape index (κ2) is 7.14. The standard InChI is InChI=1S/C12H17NO2.ClH/c1-4-6-10(13)9-7-5-8-11(14-2)12(9)15-3;/h4-5,7-8,10H,1,6,13H2,2-3H3;1H/t10-;/m0./s1. The quantitative estimate of drug-likeness (QED) is 0.809. The number of hydrogen-bond acceptors (Lipinski definition) is 3. The van der Waals surface area contributed by atoms with Gasteiger partial charge >= 0.3 is 0 Å². The van der Waals surface area contributed by atoms with Crippen molar-refractivity contribution < 1.29 is 9.47 Å². The highest BCUT2D eigenvalue weighted by atomic mass is 35.5. The Morgan fingerprint density at radius 2 is 2.06 bits per heavy atom. The van der Waals surface area contributed by atoms with Gasteiger partial charge in [0, 0.05) is 11.6 Å². The highest BCUT2D eigenvalue weighted by Gasteiger charge is 2.14. The number of hydrogen-bond donors (Lipinski definition) is 1. The van der Waals surface area contributed by atoms with Crippen molar-refractivity contribution in [3.8, 4) is 11.5 Å². The number of halogens is 1. The average molecular weight is 244 g/mol. The summed E-state index contributed by atoms with van der Waals surface area (Å²) in [6.45, 7) is 3.67. The molecule has 1 rings (SSSR count). The van der Waals surface area contributed by atoms with Crippen LogP contribution in [0.25, 0.3) is 0 Å². The molecule has 0 aliphatic carbocycles. The third-order valence-electron chi connectivity index (χ3n) is 2.25. The molecule has 3 nitrogen and oxygen atoms in total. The lowest BCUT2D eigenvalue weighted by Crippen LogP contribution is -2.11. The Kier molecular flexibility index (Phi) is 6.61. The number of nitrogens with two attached hydrogens (primary N) is 1. The van der Waals surface area contributed by atoms with Crippen molar-refractivity contribution in [1.29, 1.82) is 0 Å². The molecular weight excluding hydrogens is 226 g/mol. The smallest absolute Gasteiger partial charge is 0.165 e. The summed E-state index contributed by atoms with van der Waals surface area (Å²) in [5, 5.41) is 0. The highest BCUT2D eigenvalue weighted by molar-refractivity contribution is 5.85. The molecule has 1 aromatic rings. The minimum Gasteiger partial charge on any atom is -0.493 e. The summed E-state index contributed by atoms with van der Waals surface area (Å²) in [7, 11) is 3.22. The SMILES string of the molecule is C=CC[C@H](N)c1cccc(OC)c1OC.Cl. The van der Waals surface area contributed by atoms with Crippen LogP contribution in [0.15, 0.2) is 30.9 Å². The van der Waals surface area contributed by atoms with E-state index in [9.17, 15) is 0 Å². The van der Waals surface area contributed by atoms with Gasteiger partial charge in [-0.25, -0.2) is 0 Å². The third kappa shape index (κ3) is 3.15. The summed E-state index contributed by atoms with van der Waals surface area (Å²) < 4.78 is 10.5.